The monoisotopic (exact) mass is 172 g/mol. The summed E-state index contributed by atoms with van der Waals surface area (Å²) in [6.07, 6.45) is 2.64. The Morgan fingerprint density at radius 3 is 2.69 bits per heavy atom. The van der Waals surface area contributed by atoms with Gasteiger partial charge in [-0.05, 0) is 23.5 Å². The number of hydrogen-bond donors (Lipinski definition) is 0. The first-order valence-corrected chi connectivity index (χ1v) is 4.54. The molecule has 0 saturated heterocycles. The second-order valence-electron chi connectivity index (χ2n) is 3.57. The Hall–Kier alpha value is -1.29. The highest BCUT2D eigenvalue weighted by atomic mass is 14.2. The van der Waals surface area contributed by atoms with E-state index in [9.17, 15) is 0 Å². The van der Waals surface area contributed by atoms with Gasteiger partial charge in [-0.2, -0.15) is 5.26 Å². The first-order valence-electron chi connectivity index (χ1n) is 4.54. The van der Waals surface area contributed by atoms with E-state index >= 15 is 0 Å². The third-order valence-corrected chi connectivity index (χ3v) is 1.90. The number of nitriles is 1. The minimum absolute atomic E-state index is 0.633. The molecule has 0 N–H and O–H groups in total. The average Bonchev–Trinajstić information content (AvgIpc) is 2.08. The van der Waals surface area contributed by atoms with Crippen molar-refractivity contribution in [3.05, 3.63) is 41.8 Å². The average molecular weight is 172 g/mol. The van der Waals surface area contributed by atoms with Gasteiger partial charge in [0.15, 0.2) is 0 Å². The minimum atomic E-state index is 0.633. The van der Waals surface area contributed by atoms with Crippen LogP contribution in [0.1, 0.15) is 25.0 Å². The third-order valence-electron chi connectivity index (χ3n) is 1.90. The summed E-state index contributed by atoms with van der Waals surface area (Å²) in [6, 6.07) is 10.1. The van der Waals surface area contributed by atoms with Crippen molar-refractivity contribution < 1.29 is 0 Å². The topological polar surface area (TPSA) is 23.8 Å². The van der Waals surface area contributed by atoms with Crippen LogP contribution in [0, 0.1) is 23.7 Å². The van der Waals surface area contributed by atoms with Crippen LogP contribution in [-0.2, 0) is 6.42 Å². The fraction of sp³-hybridized carbons (Fsp3) is 0.333. The highest BCUT2D eigenvalue weighted by Gasteiger charge is 2.03. The van der Waals surface area contributed by atoms with Gasteiger partial charge in [0.25, 0.3) is 0 Å². The van der Waals surface area contributed by atoms with Gasteiger partial charge in [-0.15, -0.1) is 0 Å². The molecule has 1 rings (SSSR count). The molecule has 1 aromatic rings. The Labute approximate surface area is 80.0 Å². The molecular weight excluding hydrogens is 158 g/mol. The second-order valence-corrected chi connectivity index (χ2v) is 3.57. The van der Waals surface area contributed by atoms with Gasteiger partial charge >= 0.3 is 0 Å². The Morgan fingerprint density at radius 2 is 2.08 bits per heavy atom. The molecule has 0 unspecified atom stereocenters. The predicted octanol–water partition coefficient (Wildman–Crippen LogP) is 2.96. The van der Waals surface area contributed by atoms with Crippen molar-refractivity contribution in [1.82, 2.24) is 0 Å². The van der Waals surface area contributed by atoms with Crippen molar-refractivity contribution in [3.63, 3.8) is 0 Å². The molecule has 67 valence electrons. The molecule has 13 heavy (non-hydrogen) atoms. The molecule has 0 heterocycles. The van der Waals surface area contributed by atoms with Crippen molar-refractivity contribution in [1.29, 1.82) is 5.26 Å². The summed E-state index contributed by atoms with van der Waals surface area (Å²) >= 11 is 0. The number of benzene rings is 1. The fourth-order valence-corrected chi connectivity index (χ4v) is 1.37. The van der Waals surface area contributed by atoms with Crippen LogP contribution < -0.4 is 0 Å². The van der Waals surface area contributed by atoms with E-state index in [4.69, 9.17) is 5.26 Å². The van der Waals surface area contributed by atoms with Crippen LogP contribution in [0.25, 0.3) is 0 Å². The number of hydrogen-bond acceptors (Lipinski definition) is 1. The first-order chi connectivity index (χ1) is 6.24. The molecule has 1 heteroatoms. The highest BCUT2D eigenvalue weighted by molar-refractivity contribution is 5.37. The molecule has 0 fully saturated rings. The van der Waals surface area contributed by atoms with Crippen LogP contribution in [-0.4, -0.2) is 0 Å². The van der Waals surface area contributed by atoms with E-state index in [2.05, 4.69) is 26.0 Å². The van der Waals surface area contributed by atoms with Gasteiger partial charge in [-0.25, -0.2) is 0 Å². The lowest BCUT2D eigenvalue weighted by Crippen LogP contribution is -1.97. The molecule has 0 spiro atoms. The summed E-state index contributed by atoms with van der Waals surface area (Å²) in [4.78, 5) is 0. The molecule has 0 amide bonds. The Balaban J connectivity index is 2.85. The van der Waals surface area contributed by atoms with Crippen molar-refractivity contribution in [2.45, 2.75) is 20.3 Å². The summed E-state index contributed by atoms with van der Waals surface area (Å²) in [5.41, 5.74) is 2.32. The van der Waals surface area contributed by atoms with Gasteiger partial charge in [0.1, 0.15) is 0 Å². The molecule has 0 aromatic heterocycles. The normalized spacial score (nSPS) is 10.0. The molecule has 0 saturated carbocycles. The fourth-order valence-electron chi connectivity index (χ4n) is 1.37. The molecule has 0 aliphatic heterocycles. The Morgan fingerprint density at radius 1 is 1.38 bits per heavy atom. The Kier molecular flexibility index (Phi) is 3.52. The quantitative estimate of drug-likeness (QED) is 0.687. The molecule has 0 aliphatic rings. The molecule has 1 radical (unpaired) electrons. The van der Waals surface area contributed by atoms with E-state index < -0.39 is 0 Å². The summed E-state index contributed by atoms with van der Waals surface area (Å²) in [5, 5.41) is 8.57. The molecule has 1 nitrogen and oxygen atoms in total. The van der Waals surface area contributed by atoms with E-state index in [0.717, 1.165) is 12.0 Å². The van der Waals surface area contributed by atoms with E-state index in [1.54, 1.807) is 6.42 Å². The summed E-state index contributed by atoms with van der Waals surface area (Å²) in [7, 11) is 0. The summed E-state index contributed by atoms with van der Waals surface area (Å²) in [6.45, 7) is 4.37. The maximum atomic E-state index is 8.57. The van der Waals surface area contributed by atoms with E-state index in [0.29, 0.717) is 5.92 Å². The zero-order valence-electron chi connectivity index (χ0n) is 8.12. The predicted molar refractivity (Wildman–Crippen MR) is 54.0 cm³/mol. The lowest BCUT2D eigenvalue weighted by molar-refractivity contribution is 0.645. The van der Waals surface area contributed by atoms with Crippen molar-refractivity contribution in [2.75, 3.05) is 0 Å². The van der Waals surface area contributed by atoms with E-state index in [-0.39, 0.29) is 0 Å². The van der Waals surface area contributed by atoms with Crippen LogP contribution in [0.2, 0.25) is 0 Å². The summed E-state index contributed by atoms with van der Waals surface area (Å²) in [5.74, 6) is 0.633. The standard InChI is InChI=1S/C12H14N/c1-10(2)9-12-6-4-3-5-11(12)7-8-13/h3-7,10H,9H2,1-2H3. The van der Waals surface area contributed by atoms with Gasteiger partial charge < -0.3 is 0 Å². The summed E-state index contributed by atoms with van der Waals surface area (Å²) < 4.78 is 0. The zero-order valence-corrected chi connectivity index (χ0v) is 8.12. The molecule has 1 aromatic carbocycles. The third kappa shape index (κ3) is 2.91. The van der Waals surface area contributed by atoms with Crippen LogP contribution in [0.4, 0.5) is 0 Å². The second kappa shape index (κ2) is 4.67. The highest BCUT2D eigenvalue weighted by Crippen LogP contribution is 2.14. The maximum absolute atomic E-state index is 8.57. The van der Waals surface area contributed by atoms with Crippen LogP contribution >= 0.6 is 0 Å². The zero-order chi connectivity index (χ0) is 9.68. The number of rotatable bonds is 3. The van der Waals surface area contributed by atoms with Crippen LogP contribution in [0.15, 0.2) is 24.3 Å². The largest absolute Gasteiger partial charge is 0.198 e. The van der Waals surface area contributed by atoms with Crippen molar-refractivity contribution in [3.8, 4) is 6.07 Å². The molecule has 0 aliphatic carbocycles. The van der Waals surface area contributed by atoms with Crippen LogP contribution in [0.3, 0.4) is 0 Å². The van der Waals surface area contributed by atoms with Gasteiger partial charge in [-0.3, -0.25) is 0 Å². The molecule has 0 atom stereocenters. The van der Waals surface area contributed by atoms with Gasteiger partial charge in [0.2, 0.25) is 0 Å². The molecular formula is C12H14N. The lowest BCUT2D eigenvalue weighted by atomic mass is 9.97. The Bertz CT molecular complexity index is 307. The van der Waals surface area contributed by atoms with E-state index in [1.165, 1.54) is 5.56 Å². The van der Waals surface area contributed by atoms with E-state index in [1.807, 2.05) is 18.2 Å². The van der Waals surface area contributed by atoms with Gasteiger partial charge in [-0.1, -0.05) is 38.1 Å². The van der Waals surface area contributed by atoms with Gasteiger partial charge in [0, 0.05) is 0 Å². The van der Waals surface area contributed by atoms with Crippen molar-refractivity contribution in [2.24, 2.45) is 5.92 Å². The SMILES string of the molecule is CC(C)Cc1ccccc1[CH]C#N. The number of nitrogens with zero attached hydrogens (tertiary/aromatic N) is 1. The van der Waals surface area contributed by atoms with Gasteiger partial charge in [0.05, 0.1) is 12.5 Å². The van der Waals surface area contributed by atoms with Crippen molar-refractivity contribution >= 4 is 0 Å². The maximum Gasteiger partial charge on any atom is 0.0914 e. The first kappa shape index (κ1) is 9.80. The minimum Gasteiger partial charge on any atom is -0.198 e. The molecule has 0 bridgehead atoms. The smallest absolute Gasteiger partial charge is 0.0914 e. The lowest BCUT2D eigenvalue weighted by Gasteiger charge is -2.08. The van der Waals surface area contributed by atoms with Crippen LogP contribution in [0.5, 0.6) is 0 Å².